The molecule has 0 bridgehead atoms. The maximum absolute atomic E-state index is 6.20. The first-order valence-electron chi connectivity index (χ1n) is 9.16. The van der Waals surface area contributed by atoms with E-state index in [2.05, 4.69) is 20.3 Å². The number of hydrogen-bond donors (Lipinski definition) is 1. The SMILES string of the molecule is COc1ccc(-c2noc(CSc3nnc(-c4ccccc4OC)n3N)n2)cc1OC. The monoisotopic (exact) mass is 440 g/mol. The molecule has 0 saturated heterocycles. The van der Waals surface area contributed by atoms with Crippen LogP contribution in [0.15, 0.2) is 52.1 Å². The lowest BCUT2D eigenvalue weighted by atomic mass is 10.2. The van der Waals surface area contributed by atoms with Gasteiger partial charge in [-0.2, -0.15) is 4.98 Å². The van der Waals surface area contributed by atoms with Crippen LogP contribution < -0.4 is 20.1 Å². The Morgan fingerprint density at radius 1 is 0.968 bits per heavy atom. The highest BCUT2D eigenvalue weighted by Crippen LogP contribution is 2.32. The molecule has 0 spiro atoms. The fourth-order valence-electron chi connectivity index (χ4n) is 2.92. The molecule has 0 aliphatic carbocycles. The largest absolute Gasteiger partial charge is 0.496 e. The zero-order valence-corrected chi connectivity index (χ0v) is 17.9. The van der Waals surface area contributed by atoms with Crippen molar-refractivity contribution >= 4 is 11.8 Å². The van der Waals surface area contributed by atoms with E-state index >= 15 is 0 Å². The van der Waals surface area contributed by atoms with E-state index in [1.807, 2.05) is 30.3 Å². The van der Waals surface area contributed by atoms with Crippen LogP contribution in [0.25, 0.3) is 22.8 Å². The van der Waals surface area contributed by atoms with Crippen molar-refractivity contribution < 1.29 is 18.7 Å². The van der Waals surface area contributed by atoms with E-state index in [-0.39, 0.29) is 0 Å². The van der Waals surface area contributed by atoms with E-state index in [4.69, 9.17) is 24.6 Å². The smallest absolute Gasteiger partial charge is 0.237 e. The van der Waals surface area contributed by atoms with E-state index < -0.39 is 0 Å². The molecule has 0 amide bonds. The highest BCUT2D eigenvalue weighted by molar-refractivity contribution is 7.98. The van der Waals surface area contributed by atoms with Crippen molar-refractivity contribution in [3.05, 3.63) is 48.4 Å². The third kappa shape index (κ3) is 4.12. The van der Waals surface area contributed by atoms with Gasteiger partial charge in [-0.05, 0) is 30.3 Å². The zero-order chi connectivity index (χ0) is 21.8. The van der Waals surface area contributed by atoms with E-state index in [0.29, 0.717) is 45.7 Å². The Kier molecular flexibility index (Phi) is 5.94. The van der Waals surface area contributed by atoms with Crippen molar-refractivity contribution in [2.75, 3.05) is 27.2 Å². The normalized spacial score (nSPS) is 10.8. The molecule has 11 heteroatoms. The Morgan fingerprint density at radius 2 is 1.74 bits per heavy atom. The summed E-state index contributed by atoms with van der Waals surface area (Å²) in [6.45, 7) is 0. The van der Waals surface area contributed by atoms with Crippen LogP contribution in [-0.4, -0.2) is 46.3 Å². The molecule has 2 N–H and O–H groups in total. The third-order valence-corrected chi connectivity index (χ3v) is 5.37. The van der Waals surface area contributed by atoms with Gasteiger partial charge in [-0.1, -0.05) is 29.1 Å². The Hall–Kier alpha value is -3.73. The molecule has 0 unspecified atom stereocenters. The van der Waals surface area contributed by atoms with Gasteiger partial charge in [0.15, 0.2) is 17.3 Å². The summed E-state index contributed by atoms with van der Waals surface area (Å²) in [4.78, 5) is 4.44. The zero-order valence-electron chi connectivity index (χ0n) is 17.1. The Balaban J connectivity index is 1.49. The Labute approximate surface area is 182 Å². The maximum Gasteiger partial charge on any atom is 0.237 e. The first-order valence-corrected chi connectivity index (χ1v) is 10.1. The van der Waals surface area contributed by atoms with E-state index in [1.165, 1.54) is 16.4 Å². The van der Waals surface area contributed by atoms with Gasteiger partial charge < -0.3 is 24.6 Å². The standard InChI is InChI=1S/C20H20N6O4S/c1-27-14-7-5-4-6-13(14)19-23-24-20(26(19)21)31-11-17-22-18(25-30-17)12-8-9-15(28-2)16(10-12)29-3/h4-10H,11,21H2,1-3H3. The minimum atomic E-state index is 0.377. The second kappa shape index (κ2) is 8.96. The lowest BCUT2D eigenvalue weighted by molar-refractivity contribution is 0.355. The fourth-order valence-corrected chi connectivity index (χ4v) is 3.61. The first-order chi connectivity index (χ1) is 15.1. The van der Waals surface area contributed by atoms with Crippen molar-refractivity contribution in [1.29, 1.82) is 0 Å². The van der Waals surface area contributed by atoms with Crippen LogP contribution in [0.4, 0.5) is 0 Å². The third-order valence-electron chi connectivity index (χ3n) is 4.45. The van der Waals surface area contributed by atoms with Crippen LogP contribution in [0.3, 0.4) is 0 Å². The highest BCUT2D eigenvalue weighted by atomic mass is 32.2. The summed E-state index contributed by atoms with van der Waals surface area (Å²) in [6, 6.07) is 12.9. The van der Waals surface area contributed by atoms with Crippen molar-refractivity contribution in [2.24, 2.45) is 0 Å². The van der Waals surface area contributed by atoms with Crippen LogP contribution in [0, 0.1) is 0 Å². The minimum absolute atomic E-state index is 0.377. The topological polar surface area (TPSA) is 123 Å². The molecule has 0 aliphatic heterocycles. The second-order valence-electron chi connectivity index (χ2n) is 6.25. The summed E-state index contributed by atoms with van der Waals surface area (Å²) in [7, 11) is 4.75. The molecule has 31 heavy (non-hydrogen) atoms. The minimum Gasteiger partial charge on any atom is -0.496 e. The molecule has 4 rings (SSSR count). The number of aromatic nitrogens is 5. The van der Waals surface area contributed by atoms with Gasteiger partial charge in [0, 0.05) is 5.56 Å². The van der Waals surface area contributed by atoms with E-state index in [1.54, 1.807) is 33.5 Å². The number of nitrogens with zero attached hydrogens (tertiary/aromatic N) is 5. The van der Waals surface area contributed by atoms with Crippen LogP contribution in [0.5, 0.6) is 17.2 Å². The molecular weight excluding hydrogens is 420 g/mol. The predicted molar refractivity (Wildman–Crippen MR) is 115 cm³/mol. The maximum atomic E-state index is 6.20. The first kappa shape index (κ1) is 20.5. The number of nitrogen functional groups attached to an aromatic ring is 1. The molecule has 4 aromatic rings. The highest BCUT2D eigenvalue weighted by Gasteiger charge is 2.17. The summed E-state index contributed by atoms with van der Waals surface area (Å²) in [5, 5.41) is 12.9. The summed E-state index contributed by atoms with van der Waals surface area (Å²) in [5.41, 5.74) is 1.50. The number of hydrogen-bond acceptors (Lipinski definition) is 10. The van der Waals surface area contributed by atoms with Crippen molar-refractivity contribution in [3.63, 3.8) is 0 Å². The molecule has 2 heterocycles. The summed E-state index contributed by atoms with van der Waals surface area (Å²) < 4.78 is 22.7. The van der Waals surface area contributed by atoms with Crippen LogP contribution >= 0.6 is 11.8 Å². The van der Waals surface area contributed by atoms with Crippen molar-refractivity contribution in [2.45, 2.75) is 10.9 Å². The number of ether oxygens (including phenoxy) is 3. The lowest BCUT2D eigenvalue weighted by Gasteiger charge is -2.07. The van der Waals surface area contributed by atoms with Gasteiger partial charge >= 0.3 is 0 Å². The van der Waals surface area contributed by atoms with E-state index in [9.17, 15) is 0 Å². The summed E-state index contributed by atoms with van der Waals surface area (Å²) in [6.07, 6.45) is 0. The molecule has 0 aliphatic rings. The lowest BCUT2D eigenvalue weighted by Crippen LogP contribution is -2.12. The number of nitrogens with two attached hydrogens (primary N) is 1. The Bertz CT molecular complexity index is 1190. The number of thioether (sulfide) groups is 1. The molecule has 2 aromatic heterocycles. The van der Waals surface area contributed by atoms with Crippen LogP contribution in [-0.2, 0) is 5.75 Å². The average Bonchev–Trinajstić information content (AvgIpc) is 3.43. The Morgan fingerprint density at radius 3 is 2.52 bits per heavy atom. The molecule has 160 valence electrons. The fraction of sp³-hybridized carbons (Fsp3) is 0.200. The van der Waals surface area contributed by atoms with Gasteiger partial charge in [-0.3, -0.25) is 0 Å². The number of para-hydroxylation sites is 1. The quantitative estimate of drug-likeness (QED) is 0.323. The van der Waals surface area contributed by atoms with Crippen molar-refractivity contribution in [3.8, 4) is 40.0 Å². The molecule has 2 aromatic carbocycles. The molecule has 0 atom stereocenters. The average molecular weight is 440 g/mol. The van der Waals surface area contributed by atoms with Gasteiger partial charge in [0.1, 0.15) is 5.75 Å². The molecule has 0 saturated carbocycles. The number of methoxy groups -OCH3 is 3. The summed E-state index contributed by atoms with van der Waals surface area (Å²) in [5.74, 6) is 9.82. The molecule has 0 fully saturated rings. The molecular formula is C20H20N6O4S. The summed E-state index contributed by atoms with van der Waals surface area (Å²) >= 11 is 1.33. The van der Waals surface area contributed by atoms with Crippen molar-refractivity contribution in [1.82, 2.24) is 25.0 Å². The molecule has 0 radical (unpaired) electrons. The van der Waals surface area contributed by atoms with Gasteiger partial charge in [0.2, 0.25) is 16.9 Å². The van der Waals surface area contributed by atoms with Gasteiger partial charge in [0.05, 0.1) is 32.6 Å². The van der Waals surface area contributed by atoms with E-state index in [0.717, 1.165) is 11.1 Å². The predicted octanol–water partition coefficient (Wildman–Crippen LogP) is 3.03. The number of rotatable bonds is 8. The van der Waals surface area contributed by atoms with Crippen LogP contribution in [0.2, 0.25) is 0 Å². The van der Waals surface area contributed by atoms with Gasteiger partial charge in [0.25, 0.3) is 0 Å². The number of benzene rings is 2. The van der Waals surface area contributed by atoms with Gasteiger partial charge in [-0.25, -0.2) is 4.68 Å². The molecule has 10 nitrogen and oxygen atoms in total. The second-order valence-corrected chi connectivity index (χ2v) is 7.19. The van der Waals surface area contributed by atoms with Crippen LogP contribution in [0.1, 0.15) is 5.89 Å². The van der Waals surface area contributed by atoms with Gasteiger partial charge in [-0.15, -0.1) is 10.2 Å².